The maximum atomic E-state index is 5.08. The predicted molar refractivity (Wildman–Crippen MR) is 242 cm³/mol. The monoisotopic (exact) mass is 736 g/mol. The van der Waals surface area contributed by atoms with Crippen molar-refractivity contribution in [1.82, 2.24) is 9.78 Å². The van der Waals surface area contributed by atoms with E-state index in [-0.39, 0.29) is 0 Å². The van der Waals surface area contributed by atoms with Crippen molar-refractivity contribution in [1.29, 1.82) is 0 Å². The van der Waals surface area contributed by atoms with Gasteiger partial charge in [-0.2, -0.15) is 5.10 Å². The average molecular weight is 737 g/mol. The molecule has 1 aliphatic carbocycles. The zero-order chi connectivity index (χ0) is 38.2. The summed E-state index contributed by atoms with van der Waals surface area (Å²) in [6, 6.07) is 77.6. The van der Waals surface area contributed by atoms with Crippen molar-refractivity contribution in [3.63, 3.8) is 0 Å². The van der Waals surface area contributed by atoms with E-state index in [9.17, 15) is 0 Å². The van der Waals surface area contributed by atoms with Crippen LogP contribution in [0.3, 0.4) is 0 Å². The van der Waals surface area contributed by atoms with E-state index >= 15 is 0 Å². The summed E-state index contributed by atoms with van der Waals surface area (Å²) in [6.45, 7) is 0. The van der Waals surface area contributed by atoms with Crippen LogP contribution in [0.2, 0.25) is 0 Å². The molecule has 0 unspecified atom stereocenters. The van der Waals surface area contributed by atoms with Gasteiger partial charge in [-0.25, -0.2) is 4.68 Å². The minimum absolute atomic E-state index is 0.479. The summed E-state index contributed by atoms with van der Waals surface area (Å²) < 4.78 is 2.10. The highest BCUT2D eigenvalue weighted by Crippen LogP contribution is 2.58. The zero-order valence-corrected chi connectivity index (χ0v) is 31.7. The first-order valence-electron chi connectivity index (χ1n) is 20.0. The third-order valence-electron chi connectivity index (χ3n) is 12.6. The Kier molecular flexibility index (Phi) is 7.18. The third kappa shape index (κ3) is 4.69. The standard InChI is InChI=1S/C56H36N2/c1-3-13-41(14-4-1)56(42-15-5-2-6-16-42)53-22-12-11-21-49(53)50-33-34-54-52(55(50)56)36-57-58(54)43-30-27-38(28-31-43)37-23-25-39(26-24-37)40-29-32-48-46-19-8-7-17-44(46)45-18-9-10-20-47(45)51(48)35-40/h1-36H. The number of nitrogens with zero attached hydrogens (tertiary/aromatic N) is 2. The van der Waals surface area contributed by atoms with Gasteiger partial charge in [0.2, 0.25) is 0 Å². The smallest absolute Gasteiger partial charge is 0.0744 e. The largest absolute Gasteiger partial charge is 0.233 e. The number of aromatic nitrogens is 2. The van der Waals surface area contributed by atoms with Crippen molar-refractivity contribution in [3.05, 3.63) is 241 Å². The molecule has 2 nitrogen and oxygen atoms in total. The first-order chi connectivity index (χ1) is 28.8. The highest BCUT2D eigenvalue weighted by molar-refractivity contribution is 6.25. The molecule has 0 aliphatic heterocycles. The topological polar surface area (TPSA) is 17.8 Å². The summed E-state index contributed by atoms with van der Waals surface area (Å²) >= 11 is 0. The Morgan fingerprint density at radius 2 is 0.828 bits per heavy atom. The Morgan fingerprint density at radius 3 is 1.45 bits per heavy atom. The number of rotatable bonds is 5. The van der Waals surface area contributed by atoms with Gasteiger partial charge in [0.05, 0.1) is 22.8 Å². The van der Waals surface area contributed by atoms with E-state index in [2.05, 4.69) is 223 Å². The van der Waals surface area contributed by atoms with Gasteiger partial charge < -0.3 is 0 Å². The fourth-order valence-electron chi connectivity index (χ4n) is 10.00. The summed E-state index contributed by atoms with van der Waals surface area (Å²) in [4.78, 5) is 0. The van der Waals surface area contributed by atoms with Crippen molar-refractivity contribution < 1.29 is 0 Å². The Balaban J connectivity index is 0.916. The number of hydrogen-bond acceptors (Lipinski definition) is 1. The molecule has 10 aromatic carbocycles. The average Bonchev–Trinajstić information content (AvgIpc) is 3.88. The van der Waals surface area contributed by atoms with Crippen LogP contribution in [-0.2, 0) is 5.41 Å². The van der Waals surface area contributed by atoms with Crippen LogP contribution in [-0.4, -0.2) is 9.78 Å². The van der Waals surface area contributed by atoms with Crippen LogP contribution in [0, 0.1) is 0 Å². The minimum Gasteiger partial charge on any atom is -0.233 e. The van der Waals surface area contributed by atoms with Gasteiger partial charge in [-0.05, 0) is 112 Å². The molecule has 0 saturated heterocycles. The highest BCUT2D eigenvalue weighted by Gasteiger charge is 2.47. The molecule has 0 bridgehead atoms. The number of fused-ring (bicyclic) bond motifs is 11. The fourth-order valence-corrected chi connectivity index (χ4v) is 10.00. The second-order valence-electron chi connectivity index (χ2n) is 15.5. The van der Waals surface area contributed by atoms with Crippen molar-refractivity contribution >= 4 is 43.2 Å². The second kappa shape index (κ2) is 12.7. The molecule has 11 aromatic rings. The van der Waals surface area contributed by atoms with E-state index in [0.29, 0.717) is 0 Å². The summed E-state index contributed by atoms with van der Waals surface area (Å²) in [5.41, 5.74) is 14.1. The molecule has 2 heteroatoms. The summed E-state index contributed by atoms with van der Waals surface area (Å²) in [5.74, 6) is 0. The lowest BCUT2D eigenvalue weighted by Crippen LogP contribution is -2.28. The number of hydrogen-bond donors (Lipinski definition) is 0. The van der Waals surface area contributed by atoms with Gasteiger partial charge in [-0.3, -0.25) is 0 Å². The predicted octanol–water partition coefficient (Wildman–Crippen LogP) is 14.2. The molecule has 0 atom stereocenters. The van der Waals surface area contributed by atoms with Gasteiger partial charge >= 0.3 is 0 Å². The molecule has 0 fully saturated rings. The fraction of sp³-hybridized carbons (Fsp3) is 0.0179. The maximum absolute atomic E-state index is 5.08. The molecule has 58 heavy (non-hydrogen) atoms. The highest BCUT2D eigenvalue weighted by atomic mass is 15.3. The number of benzene rings is 10. The molecule has 0 amide bonds. The first-order valence-corrected chi connectivity index (χ1v) is 20.0. The van der Waals surface area contributed by atoms with E-state index < -0.39 is 5.41 Å². The van der Waals surface area contributed by atoms with Gasteiger partial charge in [0.1, 0.15) is 0 Å². The summed E-state index contributed by atoms with van der Waals surface area (Å²) in [5, 5.41) is 14.0. The molecular formula is C56H36N2. The third-order valence-corrected chi connectivity index (χ3v) is 12.6. The SMILES string of the molecule is c1ccc(C2(c3ccccc3)c3ccccc3-c3ccc4c(cnn4-c4ccc(-c5ccc(-c6ccc7c8ccccc8c8ccccc8c7c6)cc5)cc4)c32)cc1. The maximum Gasteiger partial charge on any atom is 0.0744 e. The van der Waals surface area contributed by atoms with Crippen molar-refractivity contribution in [2.75, 3.05) is 0 Å². The molecule has 1 heterocycles. The molecule has 0 saturated carbocycles. The van der Waals surface area contributed by atoms with Crippen LogP contribution in [0.4, 0.5) is 0 Å². The quantitative estimate of drug-likeness (QED) is 0.161. The normalized spacial score (nSPS) is 13.0. The molecule has 1 aromatic heterocycles. The van der Waals surface area contributed by atoms with Crippen molar-refractivity contribution in [2.24, 2.45) is 0 Å². The van der Waals surface area contributed by atoms with Gasteiger partial charge in [0.15, 0.2) is 0 Å². The Hall–Kier alpha value is -7.55. The van der Waals surface area contributed by atoms with Crippen LogP contribution in [0.1, 0.15) is 22.3 Å². The van der Waals surface area contributed by atoms with Crippen molar-refractivity contribution in [2.45, 2.75) is 5.41 Å². The van der Waals surface area contributed by atoms with Crippen LogP contribution >= 0.6 is 0 Å². The zero-order valence-electron chi connectivity index (χ0n) is 31.7. The van der Waals surface area contributed by atoms with Crippen LogP contribution in [0.15, 0.2) is 219 Å². The molecule has 0 radical (unpaired) electrons. The van der Waals surface area contributed by atoms with Gasteiger partial charge in [0.25, 0.3) is 0 Å². The molecule has 0 N–H and O–H groups in total. The lowest BCUT2D eigenvalue weighted by Gasteiger charge is -2.34. The Labute approximate surface area is 336 Å². The van der Waals surface area contributed by atoms with E-state index in [4.69, 9.17) is 5.10 Å². The van der Waals surface area contributed by atoms with Gasteiger partial charge in [0, 0.05) is 5.39 Å². The lowest BCUT2D eigenvalue weighted by atomic mass is 9.67. The molecule has 270 valence electrons. The van der Waals surface area contributed by atoms with Crippen LogP contribution < -0.4 is 0 Å². The van der Waals surface area contributed by atoms with Gasteiger partial charge in [-0.1, -0.05) is 188 Å². The van der Waals surface area contributed by atoms with E-state index in [0.717, 1.165) is 16.6 Å². The Morgan fingerprint density at radius 1 is 0.345 bits per heavy atom. The molecule has 1 aliphatic rings. The van der Waals surface area contributed by atoms with E-state index in [1.165, 1.54) is 88.0 Å². The van der Waals surface area contributed by atoms with Crippen LogP contribution in [0.5, 0.6) is 0 Å². The van der Waals surface area contributed by atoms with Crippen molar-refractivity contribution in [3.8, 4) is 39.1 Å². The molecule has 0 spiro atoms. The van der Waals surface area contributed by atoms with E-state index in [1.54, 1.807) is 0 Å². The minimum atomic E-state index is -0.479. The second-order valence-corrected chi connectivity index (χ2v) is 15.5. The Bertz CT molecular complexity index is 3280. The van der Waals surface area contributed by atoms with Gasteiger partial charge in [-0.15, -0.1) is 0 Å². The van der Waals surface area contributed by atoms with E-state index in [1.807, 2.05) is 0 Å². The van der Waals surface area contributed by atoms with Crippen LogP contribution in [0.25, 0.3) is 82.3 Å². The molecule has 12 rings (SSSR count). The summed E-state index contributed by atoms with van der Waals surface area (Å²) in [6.07, 6.45) is 2.07. The first kappa shape index (κ1) is 32.7. The summed E-state index contributed by atoms with van der Waals surface area (Å²) in [7, 11) is 0. The lowest BCUT2D eigenvalue weighted by molar-refractivity contribution is 0.775. The molecular weight excluding hydrogens is 701 g/mol.